The smallest absolute Gasteiger partial charge is 0.326 e. The second kappa shape index (κ2) is 7.37. The Bertz CT molecular complexity index is 981. The van der Waals surface area contributed by atoms with Crippen molar-refractivity contribution in [2.75, 3.05) is 13.9 Å². The minimum Gasteiger partial charge on any atom is -0.468 e. The van der Waals surface area contributed by atoms with Gasteiger partial charge in [-0.2, -0.15) is 0 Å². The third kappa shape index (κ3) is 2.86. The maximum atomic E-state index is 12.9. The van der Waals surface area contributed by atoms with Crippen LogP contribution in [0.5, 0.6) is 5.75 Å². The third-order valence-corrected chi connectivity index (χ3v) is 6.35. The monoisotopic (exact) mass is 412 g/mol. The van der Waals surface area contributed by atoms with Crippen molar-refractivity contribution in [1.29, 1.82) is 0 Å². The molecule has 0 bridgehead atoms. The number of benzene rings is 2. The average molecular weight is 412 g/mol. The molecule has 0 radical (unpaired) electrons. The molecule has 158 valence electrons. The molecular weight excluding hydrogens is 388 g/mol. The molecule has 2 aromatic rings. The van der Waals surface area contributed by atoms with Crippen LogP contribution in [-0.2, 0) is 20.9 Å². The van der Waals surface area contributed by atoms with Crippen LogP contribution in [0.25, 0.3) is 0 Å². The van der Waals surface area contributed by atoms with Crippen molar-refractivity contribution in [3.8, 4) is 5.75 Å². The van der Waals surface area contributed by atoms with Gasteiger partial charge in [-0.15, -0.1) is 0 Å². The van der Waals surface area contributed by atoms with Crippen LogP contribution >= 0.6 is 0 Å². The van der Waals surface area contributed by atoms with Crippen molar-refractivity contribution in [2.24, 2.45) is 0 Å². The molecule has 2 aliphatic rings. The maximum absolute atomic E-state index is 12.9. The molecule has 0 amide bonds. The number of nitrogens with zero attached hydrogens (tertiary/aromatic N) is 1. The van der Waals surface area contributed by atoms with E-state index in [1.54, 1.807) is 19.9 Å². The molecule has 2 aliphatic heterocycles. The van der Waals surface area contributed by atoms with E-state index in [1.165, 1.54) is 7.11 Å². The van der Waals surface area contributed by atoms with Gasteiger partial charge in [-0.05, 0) is 24.1 Å². The molecule has 0 spiro atoms. The molecule has 2 heterocycles. The lowest BCUT2D eigenvalue weighted by atomic mass is 9.70. The van der Waals surface area contributed by atoms with E-state index in [4.69, 9.17) is 14.2 Å². The molecule has 2 aromatic carbocycles. The van der Waals surface area contributed by atoms with Crippen LogP contribution in [0.15, 0.2) is 48.5 Å². The Balaban J connectivity index is 1.95. The van der Waals surface area contributed by atoms with Crippen LogP contribution in [0.1, 0.15) is 42.5 Å². The summed E-state index contributed by atoms with van der Waals surface area (Å²) in [5.41, 5.74) is -0.745. The van der Waals surface area contributed by atoms with Crippen LogP contribution in [0, 0.1) is 10.1 Å². The summed E-state index contributed by atoms with van der Waals surface area (Å²) in [6, 6.07) is 13.7. The van der Waals surface area contributed by atoms with Gasteiger partial charge < -0.3 is 14.2 Å². The van der Waals surface area contributed by atoms with Gasteiger partial charge in [-0.3, -0.25) is 20.2 Å². The van der Waals surface area contributed by atoms with Crippen molar-refractivity contribution in [3.05, 3.63) is 75.3 Å². The van der Waals surface area contributed by atoms with Gasteiger partial charge in [0.2, 0.25) is 5.54 Å². The molecule has 0 aliphatic carbocycles. The summed E-state index contributed by atoms with van der Waals surface area (Å²) in [4.78, 5) is 25.3. The van der Waals surface area contributed by atoms with E-state index in [0.29, 0.717) is 16.9 Å². The van der Waals surface area contributed by atoms with E-state index in [2.05, 4.69) is 5.32 Å². The summed E-state index contributed by atoms with van der Waals surface area (Å²) in [7, 11) is 1.29. The van der Waals surface area contributed by atoms with Gasteiger partial charge in [0.25, 0.3) is 0 Å². The van der Waals surface area contributed by atoms with Crippen molar-refractivity contribution in [2.45, 2.75) is 43.5 Å². The van der Waals surface area contributed by atoms with Gasteiger partial charge in [-0.1, -0.05) is 42.5 Å². The quantitative estimate of drug-likeness (QED) is 0.468. The van der Waals surface area contributed by atoms with Crippen molar-refractivity contribution in [3.63, 3.8) is 0 Å². The first-order valence-electron chi connectivity index (χ1n) is 9.72. The number of esters is 1. The molecule has 4 atom stereocenters. The zero-order chi connectivity index (χ0) is 21.5. The molecular formula is C22H24N2O6. The highest BCUT2D eigenvalue weighted by atomic mass is 16.7. The number of hydrogen-bond donors (Lipinski definition) is 1. The number of ether oxygens (including phenoxy) is 3. The average Bonchev–Trinajstić information content (AvgIpc) is 3.02. The summed E-state index contributed by atoms with van der Waals surface area (Å²) >= 11 is 0. The zero-order valence-corrected chi connectivity index (χ0v) is 17.1. The zero-order valence-electron chi connectivity index (χ0n) is 17.1. The van der Waals surface area contributed by atoms with Gasteiger partial charge in [-0.25, -0.2) is 0 Å². The fourth-order valence-corrected chi connectivity index (χ4v) is 4.98. The summed E-state index contributed by atoms with van der Waals surface area (Å²) in [5.74, 6) is -0.696. The van der Waals surface area contributed by atoms with E-state index in [9.17, 15) is 14.9 Å². The highest BCUT2D eigenvalue weighted by Crippen LogP contribution is 2.54. The molecule has 0 aromatic heterocycles. The van der Waals surface area contributed by atoms with Gasteiger partial charge in [0.1, 0.15) is 17.3 Å². The number of methoxy groups -OCH3 is 1. The van der Waals surface area contributed by atoms with E-state index >= 15 is 0 Å². The van der Waals surface area contributed by atoms with Gasteiger partial charge in [0.05, 0.1) is 19.6 Å². The van der Waals surface area contributed by atoms with Crippen molar-refractivity contribution >= 4 is 5.97 Å². The van der Waals surface area contributed by atoms with E-state index in [1.807, 2.05) is 42.5 Å². The Hall–Kier alpha value is -2.97. The molecule has 8 nitrogen and oxygen atoms in total. The predicted molar refractivity (Wildman–Crippen MR) is 108 cm³/mol. The normalized spacial score (nSPS) is 30.2. The minimum atomic E-state index is -1.54. The Kier molecular flexibility index (Phi) is 4.99. The number of carbonyl (C=O) groups excluding carboxylic acids is 1. The lowest BCUT2D eigenvalue weighted by molar-refractivity contribution is -0.571. The van der Waals surface area contributed by atoms with Crippen LogP contribution < -0.4 is 10.1 Å². The molecule has 0 unspecified atom stereocenters. The third-order valence-electron chi connectivity index (χ3n) is 6.35. The van der Waals surface area contributed by atoms with Gasteiger partial charge >= 0.3 is 5.97 Å². The van der Waals surface area contributed by atoms with Crippen molar-refractivity contribution < 1.29 is 23.9 Å². The fraction of sp³-hybridized carbons (Fsp3) is 0.409. The van der Waals surface area contributed by atoms with Crippen LogP contribution in [0.3, 0.4) is 0 Å². The second-order valence-electron chi connectivity index (χ2n) is 8.03. The molecule has 1 fully saturated rings. The van der Waals surface area contributed by atoms with E-state index in [-0.39, 0.29) is 18.3 Å². The number of fused-ring (bicyclic) bond motifs is 1. The molecule has 30 heavy (non-hydrogen) atoms. The number of carbonyl (C=O) groups is 1. The predicted octanol–water partition coefficient (Wildman–Crippen LogP) is 2.95. The number of rotatable bonds is 4. The summed E-state index contributed by atoms with van der Waals surface area (Å²) < 4.78 is 16.1. The fourth-order valence-electron chi connectivity index (χ4n) is 4.98. The minimum absolute atomic E-state index is 0.133. The number of nitrogens with one attached hydrogen (secondary N) is 1. The first-order valence-corrected chi connectivity index (χ1v) is 9.72. The molecule has 1 saturated heterocycles. The molecule has 8 heteroatoms. The summed E-state index contributed by atoms with van der Waals surface area (Å²) in [6.07, 6.45) is 0. The SMILES string of the molecule is COC(=O)[C@@]1(C)N[C@@H](c2cccc3c2COCO3)[C@@](C)([N+](=O)[O-])[C@@H]1c1ccccc1. The summed E-state index contributed by atoms with van der Waals surface area (Å²) in [6.45, 7) is 3.66. The van der Waals surface area contributed by atoms with E-state index < -0.39 is 29.0 Å². The van der Waals surface area contributed by atoms with Crippen LogP contribution in [0.4, 0.5) is 0 Å². The molecule has 1 N–H and O–H groups in total. The standard InChI is InChI=1S/C22H24N2O6/c1-21(20(25)28-3)18(14-8-5-4-6-9-14)22(2,24(26)27)19(23-21)15-10-7-11-17-16(15)12-29-13-30-17/h4-11,18-19,23H,12-13H2,1-3H3/t18-,19+,21+,22+/m1/s1. The first kappa shape index (κ1) is 20.3. The lowest BCUT2D eigenvalue weighted by Gasteiger charge is -2.32. The maximum Gasteiger partial charge on any atom is 0.326 e. The lowest BCUT2D eigenvalue weighted by Crippen LogP contribution is -2.51. The highest BCUT2D eigenvalue weighted by molar-refractivity contribution is 5.83. The highest BCUT2D eigenvalue weighted by Gasteiger charge is 2.70. The summed E-state index contributed by atoms with van der Waals surface area (Å²) in [5, 5.41) is 15.9. The number of hydrogen-bond acceptors (Lipinski definition) is 7. The van der Waals surface area contributed by atoms with Crippen molar-refractivity contribution in [1.82, 2.24) is 5.32 Å². The Morgan fingerprint density at radius 3 is 2.60 bits per heavy atom. The Labute approximate surface area is 174 Å². The number of nitro groups is 1. The Morgan fingerprint density at radius 1 is 1.20 bits per heavy atom. The van der Waals surface area contributed by atoms with Crippen LogP contribution in [-0.4, -0.2) is 35.9 Å². The topological polar surface area (TPSA) is 99.9 Å². The molecule has 0 saturated carbocycles. The van der Waals surface area contributed by atoms with Gasteiger partial charge in [0, 0.05) is 17.4 Å². The second-order valence-corrected chi connectivity index (χ2v) is 8.03. The van der Waals surface area contributed by atoms with E-state index in [0.717, 1.165) is 5.56 Å². The first-order chi connectivity index (χ1) is 14.3. The largest absolute Gasteiger partial charge is 0.468 e. The van der Waals surface area contributed by atoms with Gasteiger partial charge in [0.15, 0.2) is 6.79 Å². The Morgan fingerprint density at radius 2 is 1.93 bits per heavy atom. The molecule has 4 rings (SSSR count). The van der Waals surface area contributed by atoms with Crippen LogP contribution in [0.2, 0.25) is 0 Å².